The molecule has 0 bridgehead atoms. The maximum atomic E-state index is 12.2. The summed E-state index contributed by atoms with van der Waals surface area (Å²) < 4.78 is 10.1. The summed E-state index contributed by atoms with van der Waals surface area (Å²) >= 11 is 5.92. The maximum absolute atomic E-state index is 12.2. The lowest BCUT2D eigenvalue weighted by atomic mass is 10.2. The molecule has 3 N–H and O–H groups in total. The topological polar surface area (TPSA) is 111 Å². The largest absolute Gasteiger partial charge is 0.496 e. The summed E-state index contributed by atoms with van der Waals surface area (Å²) in [6, 6.07) is 9.06. The van der Waals surface area contributed by atoms with Crippen molar-refractivity contribution in [2.24, 2.45) is 0 Å². The summed E-state index contributed by atoms with van der Waals surface area (Å²) in [7, 11) is 4.67. The summed E-state index contributed by atoms with van der Waals surface area (Å²) in [5, 5.41) is 2.75. The molecule has 0 heterocycles. The Morgan fingerprint density at radius 2 is 1.79 bits per heavy atom. The van der Waals surface area contributed by atoms with Gasteiger partial charge < -0.3 is 25.4 Å². The van der Waals surface area contributed by atoms with Crippen LogP contribution in [0.2, 0.25) is 5.02 Å². The molecule has 0 fully saturated rings. The van der Waals surface area contributed by atoms with Gasteiger partial charge in [0.05, 0.1) is 17.8 Å². The molecule has 0 spiro atoms. The highest BCUT2D eigenvalue weighted by molar-refractivity contribution is 6.33. The van der Waals surface area contributed by atoms with Crippen LogP contribution in [-0.2, 0) is 9.53 Å². The number of nitrogens with zero attached hydrogens (tertiary/aromatic N) is 1. The lowest BCUT2D eigenvalue weighted by molar-refractivity contribution is -0.119. The normalized spacial score (nSPS) is 10.1. The molecule has 2 aromatic carbocycles. The van der Waals surface area contributed by atoms with Gasteiger partial charge in [-0.3, -0.25) is 9.59 Å². The molecular weight excluding hydrogens is 386 g/mol. The van der Waals surface area contributed by atoms with E-state index < -0.39 is 18.5 Å². The number of carbonyl (C=O) groups is 3. The molecule has 0 saturated carbocycles. The molecule has 0 aliphatic carbocycles. The van der Waals surface area contributed by atoms with Gasteiger partial charge >= 0.3 is 5.97 Å². The van der Waals surface area contributed by atoms with E-state index in [2.05, 4.69) is 5.32 Å². The highest BCUT2D eigenvalue weighted by Gasteiger charge is 2.18. The molecule has 0 radical (unpaired) electrons. The van der Waals surface area contributed by atoms with Crippen molar-refractivity contribution in [3.05, 3.63) is 52.5 Å². The van der Waals surface area contributed by atoms with Crippen LogP contribution in [0.3, 0.4) is 0 Å². The number of halogens is 1. The van der Waals surface area contributed by atoms with Gasteiger partial charge in [-0.1, -0.05) is 11.6 Å². The molecule has 0 aromatic heterocycles. The number of hydrogen-bond donors (Lipinski definition) is 2. The first-order valence-electron chi connectivity index (χ1n) is 8.14. The summed E-state index contributed by atoms with van der Waals surface area (Å²) in [6.07, 6.45) is 0. The van der Waals surface area contributed by atoms with Crippen LogP contribution in [-0.4, -0.2) is 50.5 Å². The monoisotopic (exact) mass is 405 g/mol. The quantitative estimate of drug-likeness (QED) is 0.564. The van der Waals surface area contributed by atoms with Gasteiger partial charge in [0.15, 0.2) is 6.61 Å². The number of hydrogen-bond acceptors (Lipinski definition) is 6. The van der Waals surface area contributed by atoms with Crippen LogP contribution in [0.25, 0.3) is 0 Å². The van der Waals surface area contributed by atoms with Gasteiger partial charge in [-0.25, -0.2) is 4.79 Å². The zero-order valence-electron chi connectivity index (χ0n) is 15.6. The van der Waals surface area contributed by atoms with E-state index in [1.165, 1.54) is 24.1 Å². The van der Waals surface area contributed by atoms with Crippen molar-refractivity contribution in [1.82, 2.24) is 4.90 Å². The van der Waals surface area contributed by atoms with Gasteiger partial charge in [0.1, 0.15) is 11.3 Å². The number of esters is 1. The first-order chi connectivity index (χ1) is 13.2. The van der Waals surface area contributed by atoms with Crippen LogP contribution in [0.4, 0.5) is 11.4 Å². The van der Waals surface area contributed by atoms with Crippen molar-refractivity contribution >= 4 is 40.8 Å². The molecule has 0 aliphatic heterocycles. The van der Waals surface area contributed by atoms with Crippen molar-refractivity contribution < 1.29 is 23.9 Å². The number of carbonyl (C=O) groups excluding carboxylic acids is 3. The van der Waals surface area contributed by atoms with Gasteiger partial charge in [-0.2, -0.15) is 0 Å². The third-order valence-corrected chi connectivity index (χ3v) is 4.02. The van der Waals surface area contributed by atoms with Crippen LogP contribution in [0, 0.1) is 0 Å². The van der Waals surface area contributed by atoms with E-state index in [0.29, 0.717) is 11.3 Å². The Hall–Kier alpha value is -3.26. The average Bonchev–Trinajstić information content (AvgIpc) is 2.67. The zero-order chi connectivity index (χ0) is 20.8. The molecule has 0 aliphatic rings. The van der Waals surface area contributed by atoms with E-state index in [-0.39, 0.29) is 27.9 Å². The molecule has 8 nitrogen and oxygen atoms in total. The Labute approximate surface area is 167 Å². The fourth-order valence-electron chi connectivity index (χ4n) is 2.26. The number of benzene rings is 2. The molecule has 2 rings (SSSR count). The van der Waals surface area contributed by atoms with E-state index in [1.54, 1.807) is 38.4 Å². The molecule has 0 atom stereocenters. The molecule has 2 aromatic rings. The SMILES string of the molecule is COc1cc(N)c(Cl)cc1C(=O)OCC(=O)Nc1ccc(C(=O)N(C)C)cc1. The minimum absolute atomic E-state index is 0.0565. The standard InChI is InChI=1S/C19H20ClN3O5/c1-23(2)18(25)11-4-6-12(7-5-11)22-17(24)10-28-19(26)13-8-14(20)15(21)9-16(13)27-3/h4-9H,10,21H2,1-3H3,(H,22,24). The molecule has 148 valence electrons. The second-order valence-electron chi connectivity index (χ2n) is 5.98. The number of amides is 2. The van der Waals surface area contributed by atoms with Crippen molar-refractivity contribution in [1.29, 1.82) is 0 Å². The molecule has 0 unspecified atom stereocenters. The molecule has 9 heteroatoms. The van der Waals surface area contributed by atoms with Crippen molar-refractivity contribution in [2.75, 3.05) is 38.9 Å². The van der Waals surface area contributed by atoms with Gasteiger partial charge in [0, 0.05) is 31.4 Å². The Morgan fingerprint density at radius 1 is 1.14 bits per heavy atom. The number of anilines is 2. The molecule has 0 saturated heterocycles. The highest BCUT2D eigenvalue weighted by atomic mass is 35.5. The van der Waals surface area contributed by atoms with E-state index >= 15 is 0 Å². The van der Waals surface area contributed by atoms with Gasteiger partial charge in [-0.15, -0.1) is 0 Å². The van der Waals surface area contributed by atoms with E-state index in [9.17, 15) is 14.4 Å². The van der Waals surface area contributed by atoms with E-state index in [0.717, 1.165) is 0 Å². The zero-order valence-corrected chi connectivity index (χ0v) is 16.4. The van der Waals surface area contributed by atoms with Gasteiger partial charge in [0.2, 0.25) is 0 Å². The van der Waals surface area contributed by atoms with Gasteiger partial charge in [0.25, 0.3) is 11.8 Å². The first kappa shape index (κ1) is 21.0. The van der Waals surface area contributed by atoms with Crippen molar-refractivity contribution in [3.63, 3.8) is 0 Å². The maximum Gasteiger partial charge on any atom is 0.342 e. The Balaban J connectivity index is 1.96. The smallest absolute Gasteiger partial charge is 0.342 e. The Bertz CT molecular complexity index is 897. The second-order valence-corrected chi connectivity index (χ2v) is 6.38. The molecule has 2 amide bonds. The number of nitrogens with one attached hydrogen (secondary N) is 1. The van der Waals surface area contributed by atoms with Crippen LogP contribution in [0.5, 0.6) is 5.75 Å². The highest BCUT2D eigenvalue weighted by Crippen LogP contribution is 2.29. The van der Waals surface area contributed by atoms with Gasteiger partial charge in [-0.05, 0) is 30.3 Å². The predicted octanol–water partition coefficient (Wildman–Crippen LogP) is 2.43. The summed E-state index contributed by atoms with van der Waals surface area (Å²) in [6.45, 7) is -0.512. The number of nitrogen functional groups attached to an aromatic ring is 1. The number of ether oxygens (including phenoxy) is 2. The van der Waals surface area contributed by atoms with E-state index in [1.807, 2.05) is 0 Å². The minimum Gasteiger partial charge on any atom is -0.496 e. The van der Waals surface area contributed by atoms with Crippen LogP contribution < -0.4 is 15.8 Å². The Kier molecular flexibility index (Phi) is 6.84. The summed E-state index contributed by atoms with van der Waals surface area (Å²) in [4.78, 5) is 37.5. The molecular formula is C19H20ClN3O5. The Morgan fingerprint density at radius 3 is 2.36 bits per heavy atom. The fourth-order valence-corrected chi connectivity index (χ4v) is 2.42. The van der Waals surface area contributed by atoms with Crippen LogP contribution in [0.1, 0.15) is 20.7 Å². The third kappa shape index (κ3) is 5.14. The summed E-state index contributed by atoms with van der Waals surface area (Å²) in [5.41, 5.74) is 6.93. The first-order valence-corrected chi connectivity index (χ1v) is 8.52. The van der Waals surface area contributed by atoms with E-state index in [4.69, 9.17) is 26.8 Å². The predicted molar refractivity (Wildman–Crippen MR) is 106 cm³/mol. The van der Waals surface area contributed by atoms with Crippen LogP contribution >= 0.6 is 11.6 Å². The average molecular weight is 406 g/mol. The number of rotatable bonds is 6. The number of methoxy groups -OCH3 is 1. The number of nitrogens with two attached hydrogens (primary N) is 1. The lowest BCUT2D eigenvalue weighted by Crippen LogP contribution is -2.22. The second kappa shape index (κ2) is 9.09. The lowest BCUT2D eigenvalue weighted by Gasteiger charge is -2.12. The molecule has 28 heavy (non-hydrogen) atoms. The van der Waals surface area contributed by atoms with Crippen molar-refractivity contribution in [2.45, 2.75) is 0 Å². The fraction of sp³-hybridized carbons (Fsp3) is 0.211. The van der Waals surface area contributed by atoms with Crippen LogP contribution in [0.15, 0.2) is 36.4 Å². The minimum atomic E-state index is -0.777. The summed E-state index contributed by atoms with van der Waals surface area (Å²) in [5.74, 6) is -1.28. The van der Waals surface area contributed by atoms with Crippen molar-refractivity contribution in [3.8, 4) is 5.75 Å². The third-order valence-electron chi connectivity index (χ3n) is 3.69.